The largest absolute Gasteiger partial charge is 0.346 e. The molecule has 0 saturated carbocycles. The minimum absolute atomic E-state index is 0.187. The lowest BCUT2D eigenvalue weighted by Gasteiger charge is -2.06. The molecule has 1 aromatic carbocycles. The van der Waals surface area contributed by atoms with Gasteiger partial charge in [-0.3, -0.25) is 0 Å². The number of rotatable bonds is 5. The van der Waals surface area contributed by atoms with Gasteiger partial charge in [0.25, 0.3) is 0 Å². The van der Waals surface area contributed by atoms with E-state index in [0.29, 0.717) is 23.5 Å². The number of benzene rings is 1. The fraction of sp³-hybridized carbons (Fsp3) is 0.286. The van der Waals surface area contributed by atoms with Crippen LogP contribution in [0.5, 0.6) is 0 Å². The zero-order valence-electron chi connectivity index (χ0n) is 16.4. The number of hydrogen-bond acceptors (Lipinski definition) is 6. The first-order valence-electron chi connectivity index (χ1n) is 9.83. The summed E-state index contributed by atoms with van der Waals surface area (Å²) in [5, 5.41) is 12.7. The first-order valence-corrected chi connectivity index (χ1v) is 9.83. The van der Waals surface area contributed by atoms with Crippen molar-refractivity contribution in [1.29, 1.82) is 0 Å². The van der Waals surface area contributed by atoms with Gasteiger partial charge in [0.2, 0.25) is 5.95 Å². The lowest BCUT2D eigenvalue weighted by Crippen LogP contribution is -2.05. The maximum absolute atomic E-state index is 4.75. The van der Waals surface area contributed by atoms with Gasteiger partial charge in [0.05, 0.1) is 17.6 Å². The minimum atomic E-state index is 0.187. The monoisotopic (exact) mass is 386 g/mol. The first kappa shape index (κ1) is 17.5. The molecule has 0 bridgehead atoms. The molecule has 3 aromatic heterocycles. The van der Waals surface area contributed by atoms with E-state index in [9.17, 15) is 0 Å². The number of aryl methyl sites for hydroxylation is 1. The molecular weight excluding hydrogens is 364 g/mol. The number of fused-ring (bicyclic) bond motifs is 2. The van der Waals surface area contributed by atoms with E-state index < -0.39 is 0 Å². The van der Waals surface area contributed by atoms with Crippen LogP contribution in [0.25, 0.3) is 11.0 Å². The summed E-state index contributed by atoms with van der Waals surface area (Å²) >= 11 is 0. The Kier molecular flexibility index (Phi) is 4.31. The molecule has 0 amide bonds. The van der Waals surface area contributed by atoms with Gasteiger partial charge in [-0.15, -0.1) is 5.10 Å². The Morgan fingerprint density at radius 3 is 3.00 bits per heavy atom. The third kappa shape index (κ3) is 3.37. The summed E-state index contributed by atoms with van der Waals surface area (Å²) in [6.45, 7) is 4.05. The van der Waals surface area contributed by atoms with Crippen molar-refractivity contribution in [2.24, 2.45) is 4.99 Å². The Bertz CT molecular complexity index is 1190. The van der Waals surface area contributed by atoms with Gasteiger partial charge in [-0.1, -0.05) is 24.3 Å². The summed E-state index contributed by atoms with van der Waals surface area (Å²) in [6, 6.07) is 10.7. The van der Waals surface area contributed by atoms with Crippen molar-refractivity contribution >= 4 is 34.8 Å². The number of nitrogens with zero attached hydrogens (tertiary/aromatic N) is 6. The molecule has 4 aromatic rings. The van der Waals surface area contributed by atoms with Crippen molar-refractivity contribution in [3.8, 4) is 0 Å². The van der Waals surface area contributed by atoms with Crippen LogP contribution in [0.1, 0.15) is 43.4 Å². The molecule has 0 fully saturated rings. The Balaban J connectivity index is 1.45. The Labute approximate surface area is 168 Å². The molecule has 5 rings (SSSR count). The van der Waals surface area contributed by atoms with Crippen LogP contribution >= 0.6 is 0 Å². The predicted octanol–water partition coefficient (Wildman–Crippen LogP) is 4.31. The second-order valence-electron chi connectivity index (χ2n) is 7.50. The van der Waals surface area contributed by atoms with Crippen LogP contribution in [0.4, 0.5) is 17.6 Å². The third-order valence-electron chi connectivity index (χ3n) is 5.16. The fourth-order valence-corrected chi connectivity index (χ4v) is 3.68. The van der Waals surface area contributed by atoms with Gasteiger partial charge < -0.3 is 10.3 Å². The van der Waals surface area contributed by atoms with Crippen molar-refractivity contribution in [1.82, 2.24) is 29.9 Å². The Hall–Kier alpha value is -3.55. The highest BCUT2D eigenvalue weighted by atomic mass is 15.5. The van der Waals surface area contributed by atoms with E-state index in [0.717, 1.165) is 23.9 Å². The van der Waals surface area contributed by atoms with Gasteiger partial charge in [-0.05, 0) is 43.9 Å². The molecule has 1 aliphatic rings. The second-order valence-corrected chi connectivity index (χ2v) is 7.50. The molecule has 1 aliphatic carbocycles. The Morgan fingerprint density at radius 2 is 2.14 bits per heavy atom. The lowest BCUT2D eigenvalue weighted by molar-refractivity contribution is 0.467. The molecule has 146 valence electrons. The topological polar surface area (TPSA) is 96.7 Å². The molecule has 8 heteroatoms. The average molecular weight is 386 g/mol. The molecule has 3 heterocycles. The third-order valence-corrected chi connectivity index (χ3v) is 5.16. The summed E-state index contributed by atoms with van der Waals surface area (Å²) in [4.78, 5) is 18.7. The van der Waals surface area contributed by atoms with Gasteiger partial charge >= 0.3 is 0 Å². The van der Waals surface area contributed by atoms with E-state index in [4.69, 9.17) is 4.99 Å². The van der Waals surface area contributed by atoms with E-state index in [1.54, 1.807) is 11.0 Å². The normalized spacial score (nSPS) is 16.2. The molecule has 1 atom stereocenters. The standard InChI is InChI=1S/C21H22N8/c1-13(2)29-24-12-18(28-29)25-21-26-19-17(9-10-22-19)20(27-21)23-11-15-8-7-14-5-3-4-6-16(14)15/h3-6,9-13,15H,7-8H2,1-2H3,(H2,22,25,26,27,28)/b23-11+. The number of hydrogen-bond donors (Lipinski definition) is 2. The van der Waals surface area contributed by atoms with E-state index in [1.807, 2.05) is 32.3 Å². The van der Waals surface area contributed by atoms with E-state index in [2.05, 4.69) is 54.7 Å². The van der Waals surface area contributed by atoms with Crippen molar-refractivity contribution in [3.63, 3.8) is 0 Å². The van der Waals surface area contributed by atoms with Crippen LogP contribution in [0.15, 0.2) is 47.7 Å². The van der Waals surface area contributed by atoms with Gasteiger partial charge in [-0.25, -0.2) is 4.99 Å². The van der Waals surface area contributed by atoms with E-state index in [-0.39, 0.29) is 6.04 Å². The molecule has 0 spiro atoms. The molecule has 0 radical (unpaired) electrons. The zero-order valence-corrected chi connectivity index (χ0v) is 16.4. The Morgan fingerprint density at radius 1 is 1.24 bits per heavy atom. The van der Waals surface area contributed by atoms with Crippen molar-refractivity contribution < 1.29 is 0 Å². The quantitative estimate of drug-likeness (QED) is 0.498. The van der Waals surface area contributed by atoms with Crippen molar-refractivity contribution in [2.45, 2.75) is 38.6 Å². The van der Waals surface area contributed by atoms with Crippen molar-refractivity contribution in [3.05, 3.63) is 53.9 Å². The molecule has 29 heavy (non-hydrogen) atoms. The number of H-pyrrole nitrogens is 1. The van der Waals surface area contributed by atoms with Crippen LogP contribution in [-0.2, 0) is 6.42 Å². The number of aromatic nitrogens is 6. The lowest BCUT2D eigenvalue weighted by atomic mass is 10.0. The SMILES string of the molecule is CC(C)n1ncc(Nc2nc(/N=C/C3CCc4ccccc43)c3cc[nH]c3n2)n1. The molecule has 0 aliphatic heterocycles. The summed E-state index contributed by atoms with van der Waals surface area (Å²) < 4.78 is 0. The van der Waals surface area contributed by atoms with Crippen molar-refractivity contribution in [2.75, 3.05) is 5.32 Å². The summed E-state index contributed by atoms with van der Waals surface area (Å²) in [5.41, 5.74) is 3.51. The smallest absolute Gasteiger partial charge is 0.232 e. The van der Waals surface area contributed by atoms with Gasteiger partial charge in [0.1, 0.15) is 5.65 Å². The molecule has 2 N–H and O–H groups in total. The molecule has 8 nitrogen and oxygen atoms in total. The van der Waals surface area contributed by atoms with Gasteiger partial charge in [0, 0.05) is 18.3 Å². The second kappa shape index (κ2) is 7.12. The minimum Gasteiger partial charge on any atom is -0.346 e. The van der Waals surface area contributed by atoms with Crippen LogP contribution in [0.2, 0.25) is 0 Å². The van der Waals surface area contributed by atoms with Crippen LogP contribution in [0.3, 0.4) is 0 Å². The fourth-order valence-electron chi connectivity index (χ4n) is 3.68. The predicted molar refractivity (Wildman–Crippen MR) is 113 cm³/mol. The number of anilines is 2. The summed E-state index contributed by atoms with van der Waals surface area (Å²) in [7, 11) is 0. The maximum Gasteiger partial charge on any atom is 0.232 e. The first-order chi connectivity index (χ1) is 14.2. The highest BCUT2D eigenvalue weighted by Crippen LogP contribution is 2.32. The molecular formula is C21H22N8. The maximum atomic E-state index is 4.75. The number of nitrogens with one attached hydrogen (secondary N) is 2. The highest BCUT2D eigenvalue weighted by molar-refractivity contribution is 5.89. The van der Waals surface area contributed by atoms with Crippen LogP contribution in [-0.4, -0.2) is 36.2 Å². The number of aliphatic imine (C=N–C) groups is 1. The average Bonchev–Trinajstić information content (AvgIpc) is 3.45. The van der Waals surface area contributed by atoms with Crippen LogP contribution < -0.4 is 5.32 Å². The van der Waals surface area contributed by atoms with Gasteiger partial charge in [0.15, 0.2) is 11.6 Å². The summed E-state index contributed by atoms with van der Waals surface area (Å²) in [5.74, 6) is 2.00. The highest BCUT2D eigenvalue weighted by Gasteiger charge is 2.20. The number of aromatic amines is 1. The van der Waals surface area contributed by atoms with E-state index >= 15 is 0 Å². The molecule has 1 unspecified atom stereocenters. The summed E-state index contributed by atoms with van der Waals surface area (Å²) in [6.07, 6.45) is 7.70. The molecule has 0 saturated heterocycles. The van der Waals surface area contributed by atoms with Gasteiger partial charge in [-0.2, -0.15) is 19.9 Å². The van der Waals surface area contributed by atoms with Crippen LogP contribution in [0, 0.1) is 0 Å². The zero-order chi connectivity index (χ0) is 19.8. The van der Waals surface area contributed by atoms with E-state index in [1.165, 1.54) is 11.1 Å².